The standard InChI is InChI=1S/C9H14N2O3/c12-8(13)4-6-11-9(14)10-5-3-7-1-2-7/h3,5,7H,1-2,4,6H2,(H,12,13)(H2,10,11,14)/b5-3+. The molecular formula is C9H14N2O3. The average molecular weight is 198 g/mol. The second-order valence-corrected chi connectivity index (χ2v) is 3.24. The molecule has 0 bridgehead atoms. The molecule has 1 aliphatic rings. The van der Waals surface area contributed by atoms with Crippen molar-refractivity contribution in [3.8, 4) is 0 Å². The van der Waals surface area contributed by atoms with Gasteiger partial charge < -0.3 is 15.7 Å². The predicted molar refractivity (Wildman–Crippen MR) is 50.7 cm³/mol. The molecule has 5 nitrogen and oxygen atoms in total. The highest BCUT2D eigenvalue weighted by molar-refractivity contribution is 5.75. The molecule has 14 heavy (non-hydrogen) atoms. The van der Waals surface area contributed by atoms with Crippen molar-refractivity contribution in [3.63, 3.8) is 0 Å². The summed E-state index contributed by atoms with van der Waals surface area (Å²) >= 11 is 0. The number of aliphatic carboxylic acids is 1. The number of hydrogen-bond donors (Lipinski definition) is 3. The van der Waals surface area contributed by atoms with Gasteiger partial charge in [0.05, 0.1) is 6.42 Å². The van der Waals surface area contributed by atoms with Crippen molar-refractivity contribution in [2.24, 2.45) is 5.92 Å². The summed E-state index contributed by atoms with van der Waals surface area (Å²) in [7, 11) is 0. The van der Waals surface area contributed by atoms with Crippen molar-refractivity contribution in [1.82, 2.24) is 10.6 Å². The molecule has 0 spiro atoms. The molecule has 1 aliphatic carbocycles. The Morgan fingerprint density at radius 3 is 2.71 bits per heavy atom. The highest BCUT2D eigenvalue weighted by atomic mass is 16.4. The van der Waals surface area contributed by atoms with Crippen LogP contribution in [-0.4, -0.2) is 23.7 Å². The van der Waals surface area contributed by atoms with Crippen LogP contribution in [0.2, 0.25) is 0 Å². The average Bonchev–Trinajstić information content (AvgIpc) is 2.87. The van der Waals surface area contributed by atoms with Gasteiger partial charge >= 0.3 is 12.0 Å². The molecule has 1 fully saturated rings. The van der Waals surface area contributed by atoms with Crippen LogP contribution < -0.4 is 10.6 Å². The highest BCUT2D eigenvalue weighted by Crippen LogP contribution is 2.29. The van der Waals surface area contributed by atoms with Gasteiger partial charge in [-0.1, -0.05) is 6.08 Å². The molecule has 0 unspecified atom stereocenters. The van der Waals surface area contributed by atoms with Crippen molar-refractivity contribution in [2.75, 3.05) is 6.54 Å². The van der Waals surface area contributed by atoms with Gasteiger partial charge in [-0.25, -0.2) is 4.79 Å². The Bertz CT molecular complexity index is 246. The number of hydrogen-bond acceptors (Lipinski definition) is 2. The summed E-state index contributed by atoms with van der Waals surface area (Å²) in [6.45, 7) is 0.151. The first-order valence-electron chi connectivity index (χ1n) is 4.61. The molecule has 78 valence electrons. The van der Waals surface area contributed by atoms with Crippen molar-refractivity contribution < 1.29 is 14.7 Å². The van der Waals surface area contributed by atoms with Gasteiger partial charge in [0.15, 0.2) is 0 Å². The van der Waals surface area contributed by atoms with E-state index in [1.807, 2.05) is 6.08 Å². The molecule has 0 aromatic heterocycles. The minimum Gasteiger partial charge on any atom is -0.481 e. The summed E-state index contributed by atoms with van der Waals surface area (Å²) in [6, 6.07) is -0.358. The SMILES string of the molecule is O=C(O)CCNC(=O)N/C=C/C1CC1. The number of carboxylic acid groups (broad SMARTS) is 1. The van der Waals surface area contributed by atoms with Crippen molar-refractivity contribution in [1.29, 1.82) is 0 Å². The van der Waals surface area contributed by atoms with E-state index in [2.05, 4.69) is 10.6 Å². The number of urea groups is 1. The molecule has 1 saturated carbocycles. The van der Waals surface area contributed by atoms with E-state index < -0.39 is 5.97 Å². The van der Waals surface area contributed by atoms with Crippen molar-refractivity contribution in [3.05, 3.63) is 12.3 Å². The first-order valence-corrected chi connectivity index (χ1v) is 4.61. The van der Waals surface area contributed by atoms with E-state index in [1.165, 1.54) is 12.8 Å². The van der Waals surface area contributed by atoms with Crippen LogP contribution in [0.4, 0.5) is 4.79 Å². The Labute approximate surface area is 82.2 Å². The minimum absolute atomic E-state index is 0.0558. The number of carboxylic acids is 1. The Kier molecular flexibility index (Phi) is 3.97. The van der Waals surface area contributed by atoms with Gasteiger partial charge in [-0.2, -0.15) is 0 Å². The Hall–Kier alpha value is -1.52. The Morgan fingerprint density at radius 1 is 1.43 bits per heavy atom. The van der Waals surface area contributed by atoms with Crippen LogP contribution in [0, 0.1) is 5.92 Å². The van der Waals surface area contributed by atoms with Gasteiger partial charge in [0, 0.05) is 12.7 Å². The van der Waals surface area contributed by atoms with Gasteiger partial charge in [-0.3, -0.25) is 4.79 Å². The molecule has 0 atom stereocenters. The van der Waals surface area contributed by atoms with Crippen LogP contribution in [0.5, 0.6) is 0 Å². The maximum absolute atomic E-state index is 11.0. The normalized spacial score (nSPS) is 15.4. The van der Waals surface area contributed by atoms with Crippen LogP contribution in [0.1, 0.15) is 19.3 Å². The lowest BCUT2D eigenvalue weighted by Crippen LogP contribution is -2.33. The number of amides is 2. The smallest absolute Gasteiger partial charge is 0.318 e. The summed E-state index contributed by atoms with van der Waals surface area (Å²) in [5, 5.41) is 13.2. The molecule has 0 saturated heterocycles. The molecule has 0 aromatic carbocycles. The van der Waals surface area contributed by atoms with E-state index in [0.29, 0.717) is 5.92 Å². The van der Waals surface area contributed by atoms with E-state index in [-0.39, 0.29) is 19.0 Å². The van der Waals surface area contributed by atoms with E-state index in [4.69, 9.17) is 5.11 Å². The first-order chi connectivity index (χ1) is 6.68. The maximum atomic E-state index is 11.0. The second-order valence-electron chi connectivity index (χ2n) is 3.24. The molecule has 2 amide bonds. The molecule has 0 heterocycles. The van der Waals surface area contributed by atoms with Gasteiger partial charge in [0.25, 0.3) is 0 Å². The summed E-state index contributed by atoms with van der Waals surface area (Å²) < 4.78 is 0. The van der Waals surface area contributed by atoms with Crippen LogP contribution in [0.25, 0.3) is 0 Å². The number of nitrogens with one attached hydrogen (secondary N) is 2. The second kappa shape index (κ2) is 5.26. The fourth-order valence-corrected chi connectivity index (χ4v) is 0.883. The van der Waals surface area contributed by atoms with Crippen molar-refractivity contribution >= 4 is 12.0 Å². The monoisotopic (exact) mass is 198 g/mol. The van der Waals surface area contributed by atoms with Crippen LogP contribution in [-0.2, 0) is 4.79 Å². The minimum atomic E-state index is -0.918. The molecule has 3 N–H and O–H groups in total. The zero-order valence-corrected chi connectivity index (χ0v) is 7.82. The Balaban J connectivity index is 2.00. The maximum Gasteiger partial charge on any atom is 0.318 e. The number of carbonyl (C=O) groups excluding carboxylic acids is 1. The van der Waals surface area contributed by atoms with Gasteiger partial charge in [-0.05, 0) is 18.8 Å². The molecule has 0 aromatic rings. The van der Waals surface area contributed by atoms with Gasteiger partial charge in [-0.15, -0.1) is 0 Å². The quantitative estimate of drug-likeness (QED) is 0.608. The van der Waals surface area contributed by atoms with E-state index in [1.54, 1.807) is 6.20 Å². The number of allylic oxidation sites excluding steroid dienone is 1. The van der Waals surface area contributed by atoms with Crippen molar-refractivity contribution in [2.45, 2.75) is 19.3 Å². The summed E-state index contributed by atoms with van der Waals surface area (Å²) in [5.41, 5.74) is 0. The van der Waals surface area contributed by atoms with Crippen LogP contribution in [0.3, 0.4) is 0 Å². The molecule has 0 aliphatic heterocycles. The predicted octanol–water partition coefficient (Wildman–Crippen LogP) is 0.684. The fraction of sp³-hybridized carbons (Fsp3) is 0.556. The number of carbonyl (C=O) groups is 2. The fourth-order valence-electron chi connectivity index (χ4n) is 0.883. The third kappa shape index (κ3) is 5.18. The van der Waals surface area contributed by atoms with Gasteiger partial charge in [0.1, 0.15) is 0 Å². The largest absolute Gasteiger partial charge is 0.481 e. The first kappa shape index (κ1) is 10.6. The molecular weight excluding hydrogens is 184 g/mol. The van der Waals surface area contributed by atoms with Crippen LogP contribution in [0.15, 0.2) is 12.3 Å². The lowest BCUT2D eigenvalue weighted by atomic mass is 10.4. The van der Waals surface area contributed by atoms with Crippen LogP contribution >= 0.6 is 0 Å². The summed E-state index contributed by atoms with van der Waals surface area (Å²) in [6.07, 6.45) is 5.88. The topological polar surface area (TPSA) is 78.4 Å². The zero-order valence-electron chi connectivity index (χ0n) is 7.82. The van der Waals surface area contributed by atoms with E-state index in [0.717, 1.165) is 0 Å². The molecule has 5 heteroatoms. The van der Waals surface area contributed by atoms with Gasteiger partial charge in [0.2, 0.25) is 0 Å². The van der Waals surface area contributed by atoms with E-state index >= 15 is 0 Å². The lowest BCUT2D eigenvalue weighted by molar-refractivity contribution is -0.136. The lowest BCUT2D eigenvalue weighted by Gasteiger charge is -2.01. The summed E-state index contributed by atoms with van der Waals surface area (Å²) in [5.74, 6) is -0.298. The summed E-state index contributed by atoms with van der Waals surface area (Å²) in [4.78, 5) is 21.1. The Morgan fingerprint density at radius 2 is 2.14 bits per heavy atom. The highest BCUT2D eigenvalue weighted by Gasteiger charge is 2.16. The third-order valence-electron chi connectivity index (χ3n) is 1.83. The van der Waals surface area contributed by atoms with E-state index in [9.17, 15) is 9.59 Å². The number of rotatable bonds is 5. The third-order valence-corrected chi connectivity index (χ3v) is 1.83. The molecule has 1 rings (SSSR count). The zero-order chi connectivity index (χ0) is 10.4. The molecule has 0 radical (unpaired) electrons.